The van der Waals surface area contributed by atoms with Crippen LogP contribution in [-0.4, -0.2) is 36.0 Å². The summed E-state index contributed by atoms with van der Waals surface area (Å²) in [4.78, 5) is 2.65. The Kier molecular flexibility index (Phi) is 6.72. The van der Waals surface area contributed by atoms with Gasteiger partial charge in [0.25, 0.3) is 0 Å². The second-order valence-corrected chi connectivity index (χ2v) is 5.97. The molecule has 19 heavy (non-hydrogen) atoms. The number of likely N-dealkylation sites (tertiary alicyclic amines) is 1. The zero-order chi connectivity index (χ0) is 13.3. The van der Waals surface area contributed by atoms with E-state index in [0.717, 1.165) is 30.1 Å². The van der Waals surface area contributed by atoms with Gasteiger partial charge < -0.3 is 9.64 Å². The SMILES string of the molecule is BrCCCC1CCCN1CCCOc1ccccc1. The quantitative estimate of drug-likeness (QED) is 0.527. The van der Waals surface area contributed by atoms with Gasteiger partial charge in [-0.05, 0) is 50.8 Å². The summed E-state index contributed by atoms with van der Waals surface area (Å²) >= 11 is 3.53. The number of rotatable bonds is 8. The zero-order valence-corrected chi connectivity index (χ0v) is 13.1. The summed E-state index contributed by atoms with van der Waals surface area (Å²) in [5.41, 5.74) is 0. The van der Waals surface area contributed by atoms with Crippen molar-refractivity contribution in [3.05, 3.63) is 30.3 Å². The number of para-hydroxylation sites is 1. The topological polar surface area (TPSA) is 12.5 Å². The van der Waals surface area contributed by atoms with Gasteiger partial charge in [-0.2, -0.15) is 0 Å². The molecule has 2 rings (SSSR count). The lowest BCUT2D eigenvalue weighted by molar-refractivity contribution is 0.214. The minimum Gasteiger partial charge on any atom is -0.494 e. The van der Waals surface area contributed by atoms with Gasteiger partial charge in [-0.25, -0.2) is 0 Å². The number of nitrogens with zero attached hydrogens (tertiary/aromatic N) is 1. The number of hydrogen-bond donors (Lipinski definition) is 0. The fourth-order valence-corrected chi connectivity index (χ4v) is 3.13. The standard InChI is InChI=1S/C16H24BrNO/c17-11-4-7-15-8-5-12-18(15)13-6-14-19-16-9-2-1-3-10-16/h1-3,9-10,15H,4-8,11-14H2. The molecule has 0 saturated carbocycles. The molecule has 1 saturated heterocycles. The fraction of sp³-hybridized carbons (Fsp3) is 0.625. The molecule has 106 valence electrons. The molecule has 3 heteroatoms. The normalized spacial score (nSPS) is 19.7. The summed E-state index contributed by atoms with van der Waals surface area (Å²) in [7, 11) is 0. The highest BCUT2D eigenvalue weighted by atomic mass is 79.9. The molecule has 0 aliphatic carbocycles. The Balaban J connectivity index is 1.62. The Hall–Kier alpha value is -0.540. The van der Waals surface area contributed by atoms with E-state index in [1.807, 2.05) is 30.3 Å². The van der Waals surface area contributed by atoms with Crippen LogP contribution in [0, 0.1) is 0 Å². The highest BCUT2D eigenvalue weighted by Crippen LogP contribution is 2.21. The smallest absolute Gasteiger partial charge is 0.119 e. The van der Waals surface area contributed by atoms with Gasteiger partial charge in [0.15, 0.2) is 0 Å². The van der Waals surface area contributed by atoms with Crippen molar-refractivity contribution in [1.29, 1.82) is 0 Å². The molecule has 0 bridgehead atoms. The summed E-state index contributed by atoms with van der Waals surface area (Å²) in [6.07, 6.45) is 6.51. The van der Waals surface area contributed by atoms with E-state index in [4.69, 9.17) is 4.74 Å². The predicted octanol–water partition coefficient (Wildman–Crippen LogP) is 4.10. The molecular weight excluding hydrogens is 302 g/mol. The van der Waals surface area contributed by atoms with E-state index in [9.17, 15) is 0 Å². The third-order valence-electron chi connectivity index (χ3n) is 3.77. The van der Waals surface area contributed by atoms with Crippen molar-refractivity contribution >= 4 is 15.9 Å². The molecule has 1 aliphatic rings. The molecule has 0 N–H and O–H groups in total. The molecule has 1 fully saturated rings. The van der Waals surface area contributed by atoms with Crippen LogP contribution in [0.5, 0.6) is 5.75 Å². The maximum absolute atomic E-state index is 5.75. The van der Waals surface area contributed by atoms with Crippen LogP contribution in [0.3, 0.4) is 0 Å². The van der Waals surface area contributed by atoms with Gasteiger partial charge >= 0.3 is 0 Å². The first-order valence-electron chi connectivity index (χ1n) is 7.38. The Morgan fingerprint density at radius 3 is 2.84 bits per heavy atom. The lowest BCUT2D eigenvalue weighted by Gasteiger charge is -2.24. The largest absolute Gasteiger partial charge is 0.494 e. The van der Waals surface area contributed by atoms with Gasteiger partial charge in [0.1, 0.15) is 5.75 Å². The van der Waals surface area contributed by atoms with Gasteiger partial charge in [0, 0.05) is 17.9 Å². The molecule has 0 amide bonds. The van der Waals surface area contributed by atoms with Crippen molar-refractivity contribution in [3.63, 3.8) is 0 Å². The van der Waals surface area contributed by atoms with E-state index in [2.05, 4.69) is 20.8 Å². The fourth-order valence-electron chi connectivity index (χ4n) is 2.80. The van der Waals surface area contributed by atoms with Crippen LogP contribution < -0.4 is 4.74 Å². The number of ether oxygens (including phenoxy) is 1. The Bertz CT molecular complexity index is 344. The van der Waals surface area contributed by atoms with Gasteiger partial charge in [-0.3, -0.25) is 0 Å². The van der Waals surface area contributed by atoms with Gasteiger partial charge in [0.05, 0.1) is 6.61 Å². The molecule has 1 atom stereocenters. The number of hydrogen-bond acceptors (Lipinski definition) is 2. The minimum atomic E-state index is 0.814. The van der Waals surface area contributed by atoms with Crippen LogP contribution in [0.25, 0.3) is 0 Å². The second-order valence-electron chi connectivity index (χ2n) is 5.18. The minimum absolute atomic E-state index is 0.814. The van der Waals surface area contributed by atoms with Gasteiger partial charge in [-0.1, -0.05) is 34.1 Å². The van der Waals surface area contributed by atoms with E-state index in [0.29, 0.717) is 0 Å². The van der Waals surface area contributed by atoms with E-state index in [-0.39, 0.29) is 0 Å². The predicted molar refractivity (Wildman–Crippen MR) is 84.2 cm³/mol. The third-order valence-corrected chi connectivity index (χ3v) is 4.33. The first kappa shape index (κ1) is 14.9. The molecule has 0 aromatic heterocycles. The summed E-state index contributed by atoms with van der Waals surface area (Å²) in [5.74, 6) is 0.986. The van der Waals surface area contributed by atoms with Crippen LogP contribution in [0.1, 0.15) is 32.1 Å². The zero-order valence-electron chi connectivity index (χ0n) is 11.6. The summed E-state index contributed by atoms with van der Waals surface area (Å²) < 4.78 is 5.75. The molecule has 2 nitrogen and oxygen atoms in total. The average Bonchev–Trinajstić information content (AvgIpc) is 2.90. The second kappa shape index (κ2) is 8.60. The van der Waals surface area contributed by atoms with Crippen molar-refractivity contribution < 1.29 is 4.74 Å². The molecule has 0 radical (unpaired) electrons. The van der Waals surface area contributed by atoms with Crippen LogP contribution in [-0.2, 0) is 0 Å². The summed E-state index contributed by atoms with van der Waals surface area (Å²) in [6.45, 7) is 3.28. The van der Waals surface area contributed by atoms with Crippen molar-refractivity contribution in [1.82, 2.24) is 4.90 Å². The first-order chi connectivity index (χ1) is 9.40. The molecule has 1 unspecified atom stereocenters. The Morgan fingerprint density at radius 2 is 2.05 bits per heavy atom. The van der Waals surface area contributed by atoms with E-state index >= 15 is 0 Å². The summed E-state index contributed by atoms with van der Waals surface area (Å²) in [5, 5.41) is 1.13. The Labute approximate surface area is 125 Å². The van der Waals surface area contributed by atoms with Crippen molar-refractivity contribution in [2.45, 2.75) is 38.1 Å². The number of alkyl halides is 1. The Morgan fingerprint density at radius 1 is 1.21 bits per heavy atom. The van der Waals surface area contributed by atoms with Crippen LogP contribution in [0.2, 0.25) is 0 Å². The van der Waals surface area contributed by atoms with E-state index in [1.54, 1.807) is 0 Å². The molecule has 1 heterocycles. The molecule has 1 aromatic rings. The molecular formula is C16H24BrNO. The van der Waals surface area contributed by atoms with E-state index in [1.165, 1.54) is 38.8 Å². The summed E-state index contributed by atoms with van der Waals surface area (Å²) in [6, 6.07) is 10.9. The first-order valence-corrected chi connectivity index (χ1v) is 8.50. The lowest BCUT2D eigenvalue weighted by Crippen LogP contribution is -2.31. The molecule has 0 spiro atoms. The van der Waals surface area contributed by atoms with Crippen LogP contribution in [0.15, 0.2) is 30.3 Å². The highest BCUT2D eigenvalue weighted by molar-refractivity contribution is 9.09. The lowest BCUT2D eigenvalue weighted by atomic mass is 10.1. The van der Waals surface area contributed by atoms with Crippen molar-refractivity contribution in [2.24, 2.45) is 0 Å². The number of halogens is 1. The van der Waals surface area contributed by atoms with Crippen molar-refractivity contribution in [2.75, 3.05) is 25.0 Å². The van der Waals surface area contributed by atoms with Gasteiger partial charge in [0.2, 0.25) is 0 Å². The molecule has 1 aliphatic heterocycles. The van der Waals surface area contributed by atoms with E-state index < -0.39 is 0 Å². The third kappa shape index (κ3) is 5.15. The number of benzene rings is 1. The van der Waals surface area contributed by atoms with Crippen LogP contribution in [0.4, 0.5) is 0 Å². The average molecular weight is 326 g/mol. The van der Waals surface area contributed by atoms with Gasteiger partial charge in [-0.15, -0.1) is 0 Å². The molecule has 1 aromatic carbocycles. The van der Waals surface area contributed by atoms with Crippen molar-refractivity contribution in [3.8, 4) is 5.75 Å². The maximum atomic E-state index is 5.75. The monoisotopic (exact) mass is 325 g/mol. The maximum Gasteiger partial charge on any atom is 0.119 e. The highest BCUT2D eigenvalue weighted by Gasteiger charge is 2.22. The van der Waals surface area contributed by atoms with Crippen LogP contribution >= 0.6 is 15.9 Å².